The van der Waals surface area contributed by atoms with Crippen LogP contribution in [0.2, 0.25) is 0 Å². The zero-order chi connectivity index (χ0) is 14.7. The minimum Gasteiger partial charge on any atom is -0.494 e. The van der Waals surface area contributed by atoms with Crippen LogP contribution in [0.5, 0.6) is 5.75 Å². The molecule has 0 spiro atoms. The van der Waals surface area contributed by atoms with Crippen LogP contribution in [0.15, 0.2) is 18.2 Å². The summed E-state index contributed by atoms with van der Waals surface area (Å²) in [5, 5.41) is 6.15. The number of methoxy groups -OCH3 is 1. The SMILES string of the molecule is COc1ccc(C(C)NC(=O)[C@@H]2CNC[C@H]2C)cc1F. The van der Waals surface area contributed by atoms with Gasteiger partial charge in [-0.1, -0.05) is 13.0 Å². The molecule has 2 rings (SSSR count). The van der Waals surface area contributed by atoms with Crippen molar-refractivity contribution in [2.75, 3.05) is 20.2 Å². The molecule has 1 aromatic carbocycles. The van der Waals surface area contributed by atoms with Gasteiger partial charge in [-0.2, -0.15) is 0 Å². The molecule has 3 atom stereocenters. The molecule has 1 fully saturated rings. The van der Waals surface area contributed by atoms with Crippen molar-refractivity contribution < 1.29 is 13.9 Å². The van der Waals surface area contributed by atoms with Gasteiger partial charge in [0.2, 0.25) is 5.91 Å². The fraction of sp³-hybridized carbons (Fsp3) is 0.533. The summed E-state index contributed by atoms with van der Waals surface area (Å²) in [6, 6.07) is 4.52. The van der Waals surface area contributed by atoms with Crippen LogP contribution in [0.25, 0.3) is 0 Å². The third-order valence-electron chi connectivity index (χ3n) is 3.89. The number of benzene rings is 1. The van der Waals surface area contributed by atoms with E-state index in [1.807, 2.05) is 6.92 Å². The van der Waals surface area contributed by atoms with Crippen molar-refractivity contribution in [2.24, 2.45) is 11.8 Å². The molecule has 4 nitrogen and oxygen atoms in total. The van der Waals surface area contributed by atoms with Gasteiger partial charge in [0, 0.05) is 6.54 Å². The van der Waals surface area contributed by atoms with Crippen molar-refractivity contribution in [3.8, 4) is 5.75 Å². The highest BCUT2D eigenvalue weighted by Gasteiger charge is 2.30. The van der Waals surface area contributed by atoms with E-state index in [1.54, 1.807) is 12.1 Å². The monoisotopic (exact) mass is 280 g/mol. The highest BCUT2D eigenvalue weighted by atomic mass is 19.1. The fourth-order valence-electron chi connectivity index (χ4n) is 2.52. The van der Waals surface area contributed by atoms with Crippen LogP contribution in [0, 0.1) is 17.7 Å². The molecule has 1 aromatic rings. The maximum absolute atomic E-state index is 13.7. The lowest BCUT2D eigenvalue weighted by Crippen LogP contribution is -2.35. The summed E-state index contributed by atoms with van der Waals surface area (Å²) >= 11 is 0. The van der Waals surface area contributed by atoms with Gasteiger partial charge in [0.15, 0.2) is 11.6 Å². The molecule has 1 amide bonds. The number of nitrogens with one attached hydrogen (secondary N) is 2. The van der Waals surface area contributed by atoms with Crippen molar-refractivity contribution in [1.29, 1.82) is 0 Å². The zero-order valence-electron chi connectivity index (χ0n) is 12.1. The van der Waals surface area contributed by atoms with E-state index >= 15 is 0 Å². The lowest BCUT2D eigenvalue weighted by Gasteiger charge is -2.19. The number of carbonyl (C=O) groups is 1. The van der Waals surface area contributed by atoms with Crippen LogP contribution in [-0.4, -0.2) is 26.1 Å². The third kappa shape index (κ3) is 3.10. The van der Waals surface area contributed by atoms with Gasteiger partial charge in [0.1, 0.15) is 0 Å². The lowest BCUT2D eigenvalue weighted by atomic mass is 9.96. The maximum atomic E-state index is 13.7. The summed E-state index contributed by atoms with van der Waals surface area (Å²) in [6.45, 7) is 5.48. The molecular formula is C15H21FN2O2. The molecule has 2 N–H and O–H groups in total. The van der Waals surface area contributed by atoms with Crippen molar-refractivity contribution in [3.63, 3.8) is 0 Å². The Bertz CT molecular complexity index is 493. The van der Waals surface area contributed by atoms with E-state index in [0.29, 0.717) is 12.5 Å². The Morgan fingerprint density at radius 2 is 2.25 bits per heavy atom. The third-order valence-corrected chi connectivity index (χ3v) is 3.89. The number of carbonyl (C=O) groups excluding carboxylic acids is 1. The molecule has 0 saturated carbocycles. The molecule has 110 valence electrons. The van der Waals surface area contributed by atoms with Crippen LogP contribution in [0.4, 0.5) is 4.39 Å². The number of hydrogen-bond acceptors (Lipinski definition) is 3. The quantitative estimate of drug-likeness (QED) is 0.885. The first-order chi connectivity index (χ1) is 9.52. The summed E-state index contributed by atoms with van der Waals surface area (Å²) in [5.41, 5.74) is 0.732. The Kier molecular flexibility index (Phi) is 4.60. The van der Waals surface area contributed by atoms with Gasteiger partial charge in [0.05, 0.1) is 19.1 Å². The second-order valence-corrected chi connectivity index (χ2v) is 5.37. The molecule has 1 saturated heterocycles. The van der Waals surface area contributed by atoms with Crippen molar-refractivity contribution >= 4 is 5.91 Å². The average Bonchev–Trinajstić information content (AvgIpc) is 2.84. The molecule has 1 aliphatic rings. The second-order valence-electron chi connectivity index (χ2n) is 5.37. The number of ether oxygens (including phenoxy) is 1. The van der Waals surface area contributed by atoms with Crippen LogP contribution in [0.3, 0.4) is 0 Å². The first-order valence-corrected chi connectivity index (χ1v) is 6.87. The Morgan fingerprint density at radius 3 is 2.80 bits per heavy atom. The predicted molar refractivity (Wildman–Crippen MR) is 75.0 cm³/mol. The number of rotatable bonds is 4. The Morgan fingerprint density at radius 1 is 1.50 bits per heavy atom. The lowest BCUT2D eigenvalue weighted by molar-refractivity contribution is -0.126. The first-order valence-electron chi connectivity index (χ1n) is 6.87. The fourth-order valence-corrected chi connectivity index (χ4v) is 2.52. The van der Waals surface area contributed by atoms with Crippen LogP contribution < -0.4 is 15.4 Å². The smallest absolute Gasteiger partial charge is 0.225 e. The van der Waals surface area contributed by atoms with E-state index in [9.17, 15) is 9.18 Å². The highest BCUT2D eigenvalue weighted by molar-refractivity contribution is 5.80. The van der Waals surface area contributed by atoms with Gasteiger partial charge in [-0.15, -0.1) is 0 Å². The van der Waals surface area contributed by atoms with E-state index in [2.05, 4.69) is 17.6 Å². The van der Waals surface area contributed by atoms with Crippen LogP contribution >= 0.6 is 0 Å². The minimum absolute atomic E-state index is 0.0134. The molecule has 1 aliphatic heterocycles. The molecule has 0 aliphatic carbocycles. The van der Waals surface area contributed by atoms with E-state index in [1.165, 1.54) is 13.2 Å². The number of amides is 1. The van der Waals surface area contributed by atoms with E-state index < -0.39 is 5.82 Å². The van der Waals surface area contributed by atoms with E-state index in [-0.39, 0.29) is 23.6 Å². The summed E-state index contributed by atoms with van der Waals surface area (Å²) < 4.78 is 18.5. The summed E-state index contributed by atoms with van der Waals surface area (Å²) in [7, 11) is 1.43. The zero-order valence-corrected chi connectivity index (χ0v) is 12.1. The first kappa shape index (κ1) is 14.8. The molecule has 5 heteroatoms. The Balaban J connectivity index is 2.02. The second kappa shape index (κ2) is 6.22. The van der Waals surface area contributed by atoms with Crippen molar-refractivity contribution in [3.05, 3.63) is 29.6 Å². The Labute approximate surface area is 118 Å². The van der Waals surface area contributed by atoms with Gasteiger partial charge in [-0.25, -0.2) is 4.39 Å². The average molecular weight is 280 g/mol. The highest BCUT2D eigenvalue weighted by Crippen LogP contribution is 2.23. The van der Waals surface area contributed by atoms with E-state index in [4.69, 9.17) is 4.74 Å². The molecular weight excluding hydrogens is 259 g/mol. The summed E-state index contributed by atoms with van der Waals surface area (Å²) in [6.07, 6.45) is 0. The Hall–Kier alpha value is -1.62. The molecule has 20 heavy (non-hydrogen) atoms. The summed E-state index contributed by atoms with van der Waals surface area (Å²) in [4.78, 5) is 12.2. The molecule has 0 radical (unpaired) electrons. The van der Waals surface area contributed by atoms with Gasteiger partial charge < -0.3 is 15.4 Å². The maximum Gasteiger partial charge on any atom is 0.225 e. The number of halogens is 1. The standard InChI is InChI=1S/C15H21FN2O2/c1-9-7-17-8-12(9)15(19)18-10(2)11-4-5-14(20-3)13(16)6-11/h4-6,9-10,12,17H,7-8H2,1-3H3,(H,18,19)/t9-,10?,12-/m1/s1. The van der Waals surface area contributed by atoms with Crippen molar-refractivity contribution in [2.45, 2.75) is 19.9 Å². The largest absolute Gasteiger partial charge is 0.494 e. The van der Waals surface area contributed by atoms with Crippen LogP contribution in [0.1, 0.15) is 25.5 Å². The molecule has 0 bridgehead atoms. The molecule has 0 aromatic heterocycles. The normalized spacial score (nSPS) is 23.4. The van der Waals surface area contributed by atoms with Crippen molar-refractivity contribution in [1.82, 2.24) is 10.6 Å². The molecule has 1 unspecified atom stereocenters. The van der Waals surface area contributed by atoms with Gasteiger partial charge >= 0.3 is 0 Å². The topological polar surface area (TPSA) is 50.4 Å². The van der Waals surface area contributed by atoms with E-state index in [0.717, 1.165) is 12.1 Å². The summed E-state index contributed by atoms with van der Waals surface area (Å²) in [5.74, 6) is 0.129. The van der Waals surface area contributed by atoms with Crippen LogP contribution in [-0.2, 0) is 4.79 Å². The predicted octanol–water partition coefficient (Wildman–Crippen LogP) is 1.87. The minimum atomic E-state index is -0.415. The van der Waals surface area contributed by atoms with Gasteiger partial charge in [-0.3, -0.25) is 4.79 Å². The van der Waals surface area contributed by atoms with Gasteiger partial charge in [-0.05, 0) is 37.1 Å². The van der Waals surface area contributed by atoms with Gasteiger partial charge in [0.25, 0.3) is 0 Å². The number of hydrogen-bond donors (Lipinski definition) is 2. The molecule has 1 heterocycles.